The van der Waals surface area contributed by atoms with Crippen LogP contribution in [0.3, 0.4) is 0 Å². The zero-order chi connectivity index (χ0) is 19.9. The molecule has 0 fully saturated rings. The van der Waals surface area contributed by atoms with Gasteiger partial charge in [0.1, 0.15) is 5.75 Å². The van der Waals surface area contributed by atoms with Crippen LogP contribution in [0.5, 0.6) is 5.75 Å². The molecular formula is C24H24ClNO2. The van der Waals surface area contributed by atoms with Gasteiger partial charge in [-0.15, -0.1) is 0 Å². The zero-order valence-corrected chi connectivity index (χ0v) is 16.8. The van der Waals surface area contributed by atoms with Crippen LogP contribution in [0.2, 0.25) is 5.02 Å². The Hall–Kier alpha value is -2.78. The number of benzene rings is 3. The van der Waals surface area contributed by atoms with E-state index < -0.39 is 6.10 Å². The third kappa shape index (κ3) is 4.93. The number of rotatable bonds is 7. The molecule has 0 saturated carbocycles. The highest BCUT2D eigenvalue weighted by Crippen LogP contribution is 2.26. The predicted octanol–water partition coefficient (Wildman–Crippen LogP) is 5.71. The number of nitrogens with one attached hydrogen (secondary N) is 1. The molecule has 0 bridgehead atoms. The van der Waals surface area contributed by atoms with E-state index in [0.29, 0.717) is 17.2 Å². The first-order valence-electron chi connectivity index (χ1n) is 9.41. The van der Waals surface area contributed by atoms with Crippen molar-refractivity contribution < 1.29 is 9.53 Å². The maximum atomic E-state index is 13.1. The minimum absolute atomic E-state index is 0.153. The summed E-state index contributed by atoms with van der Waals surface area (Å²) in [6.45, 7) is 3.98. The van der Waals surface area contributed by atoms with Crippen LogP contribution >= 0.6 is 11.6 Å². The van der Waals surface area contributed by atoms with E-state index in [2.05, 4.69) is 18.3 Å². The second kappa shape index (κ2) is 9.43. The summed E-state index contributed by atoms with van der Waals surface area (Å²) in [5.74, 6) is 0.432. The third-order valence-corrected chi connectivity index (χ3v) is 4.89. The lowest BCUT2D eigenvalue weighted by Gasteiger charge is -2.25. The largest absolute Gasteiger partial charge is 0.481 e. The molecule has 28 heavy (non-hydrogen) atoms. The second-order valence-corrected chi connectivity index (χ2v) is 7.12. The highest BCUT2D eigenvalue weighted by molar-refractivity contribution is 6.30. The fraction of sp³-hybridized carbons (Fsp3) is 0.208. The highest BCUT2D eigenvalue weighted by atomic mass is 35.5. The van der Waals surface area contributed by atoms with Crippen molar-refractivity contribution >= 4 is 17.5 Å². The molecule has 1 N–H and O–H groups in total. The van der Waals surface area contributed by atoms with Gasteiger partial charge in [-0.1, -0.05) is 79.2 Å². The summed E-state index contributed by atoms with van der Waals surface area (Å²) in [7, 11) is 0. The van der Waals surface area contributed by atoms with Crippen molar-refractivity contribution in [2.45, 2.75) is 32.4 Å². The lowest BCUT2D eigenvalue weighted by Crippen LogP contribution is -2.40. The number of carbonyl (C=O) groups is 1. The van der Waals surface area contributed by atoms with Crippen LogP contribution in [-0.4, -0.2) is 12.0 Å². The Kier molecular flexibility index (Phi) is 6.72. The van der Waals surface area contributed by atoms with Crippen molar-refractivity contribution in [3.05, 3.63) is 101 Å². The Balaban J connectivity index is 1.85. The van der Waals surface area contributed by atoms with Crippen molar-refractivity contribution in [3.63, 3.8) is 0 Å². The average Bonchev–Trinajstić information content (AvgIpc) is 2.71. The molecule has 0 aromatic heterocycles. The SMILES string of the molecule is CC[C@H](Oc1cccc(Cl)c1)C(=O)N[C@@H](c1ccccc1)c1ccccc1C. The molecule has 0 aliphatic carbocycles. The van der Waals surface area contributed by atoms with Crippen LogP contribution in [0.4, 0.5) is 0 Å². The standard InChI is InChI=1S/C24H24ClNO2/c1-3-22(28-20-14-9-13-19(25)16-20)24(27)26-23(18-11-5-4-6-12-18)21-15-8-7-10-17(21)2/h4-16,22-23H,3H2,1-2H3,(H,26,27)/t22-,23-/m0/s1. The minimum Gasteiger partial charge on any atom is -0.481 e. The van der Waals surface area contributed by atoms with E-state index in [1.54, 1.807) is 18.2 Å². The number of hydrogen-bond acceptors (Lipinski definition) is 2. The molecule has 0 radical (unpaired) electrons. The van der Waals surface area contributed by atoms with E-state index in [0.717, 1.165) is 16.7 Å². The van der Waals surface area contributed by atoms with Crippen LogP contribution in [0.25, 0.3) is 0 Å². The monoisotopic (exact) mass is 393 g/mol. The van der Waals surface area contributed by atoms with Gasteiger partial charge >= 0.3 is 0 Å². The summed E-state index contributed by atoms with van der Waals surface area (Å²) in [5.41, 5.74) is 3.22. The van der Waals surface area contributed by atoms with E-state index in [4.69, 9.17) is 16.3 Å². The van der Waals surface area contributed by atoms with E-state index in [1.807, 2.05) is 61.5 Å². The van der Waals surface area contributed by atoms with Crippen molar-refractivity contribution in [1.29, 1.82) is 0 Å². The molecule has 3 rings (SSSR count). The summed E-state index contributed by atoms with van der Waals surface area (Å²) in [6, 6.07) is 24.9. The van der Waals surface area contributed by atoms with Crippen molar-refractivity contribution in [2.24, 2.45) is 0 Å². The summed E-state index contributed by atoms with van der Waals surface area (Å²) >= 11 is 6.03. The summed E-state index contributed by atoms with van der Waals surface area (Å²) in [5, 5.41) is 3.76. The van der Waals surface area contributed by atoms with Crippen molar-refractivity contribution in [1.82, 2.24) is 5.32 Å². The third-order valence-electron chi connectivity index (χ3n) is 4.66. The van der Waals surface area contributed by atoms with Gasteiger partial charge in [-0.3, -0.25) is 4.79 Å². The lowest BCUT2D eigenvalue weighted by atomic mass is 9.94. The van der Waals surface area contributed by atoms with E-state index >= 15 is 0 Å². The molecule has 144 valence electrons. The van der Waals surface area contributed by atoms with Gasteiger partial charge in [-0.05, 0) is 48.2 Å². The van der Waals surface area contributed by atoms with Gasteiger partial charge in [0.15, 0.2) is 6.10 Å². The maximum Gasteiger partial charge on any atom is 0.261 e. The van der Waals surface area contributed by atoms with Gasteiger partial charge in [0.25, 0.3) is 5.91 Å². The Bertz CT molecular complexity index is 927. The van der Waals surface area contributed by atoms with E-state index in [1.165, 1.54) is 0 Å². The second-order valence-electron chi connectivity index (χ2n) is 6.68. The van der Waals surface area contributed by atoms with E-state index in [-0.39, 0.29) is 11.9 Å². The number of ether oxygens (including phenoxy) is 1. The minimum atomic E-state index is -0.603. The van der Waals surface area contributed by atoms with Crippen molar-refractivity contribution in [2.75, 3.05) is 0 Å². The van der Waals surface area contributed by atoms with Crippen LogP contribution in [0, 0.1) is 6.92 Å². The number of amides is 1. The van der Waals surface area contributed by atoms with Crippen molar-refractivity contribution in [3.8, 4) is 5.75 Å². The highest BCUT2D eigenvalue weighted by Gasteiger charge is 2.24. The number of hydrogen-bond donors (Lipinski definition) is 1. The smallest absolute Gasteiger partial charge is 0.261 e. The fourth-order valence-corrected chi connectivity index (χ4v) is 3.34. The molecular weight excluding hydrogens is 370 g/mol. The molecule has 0 spiro atoms. The predicted molar refractivity (Wildman–Crippen MR) is 114 cm³/mol. The molecule has 0 aliphatic rings. The summed E-state index contributed by atoms with van der Waals surface area (Å²) in [6.07, 6.45) is -0.0538. The normalized spacial score (nSPS) is 12.8. The van der Waals surface area contributed by atoms with Crippen LogP contribution < -0.4 is 10.1 Å². The van der Waals surface area contributed by atoms with Crippen LogP contribution in [0.15, 0.2) is 78.9 Å². The summed E-state index contributed by atoms with van der Waals surface area (Å²) in [4.78, 5) is 13.1. The first-order chi connectivity index (χ1) is 13.6. The lowest BCUT2D eigenvalue weighted by molar-refractivity contribution is -0.128. The number of aryl methyl sites for hydroxylation is 1. The van der Waals surface area contributed by atoms with Gasteiger partial charge in [-0.25, -0.2) is 0 Å². The molecule has 2 atom stereocenters. The molecule has 0 aliphatic heterocycles. The van der Waals surface area contributed by atoms with Gasteiger partial charge < -0.3 is 10.1 Å². The zero-order valence-electron chi connectivity index (χ0n) is 16.1. The molecule has 3 nitrogen and oxygen atoms in total. The average molecular weight is 394 g/mol. The maximum absolute atomic E-state index is 13.1. The topological polar surface area (TPSA) is 38.3 Å². The Morgan fingerprint density at radius 3 is 2.39 bits per heavy atom. The summed E-state index contributed by atoms with van der Waals surface area (Å²) < 4.78 is 5.91. The van der Waals surface area contributed by atoms with Gasteiger partial charge in [0.2, 0.25) is 0 Å². The molecule has 3 aromatic carbocycles. The molecule has 4 heteroatoms. The molecule has 1 amide bonds. The van der Waals surface area contributed by atoms with Gasteiger partial charge in [0, 0.05) is 5.02 Å². The number of carbonyl (C=O) groups excluding carboxylic acids is 1. The fourth-order valence-electron chi connectivity index (χ4n) is 3.16. The molecule has 0 heterocycles. The van der Waals surface area contributed by atoms with Crippen LogP contribution in [0.1, 0.15) is 36.1 Å². The van der Waals surface area contributed by atoms with E-state index in [9.17, 15) is 4.79 Å². The first kappa shape index (κ1) is 20.0. The first-order valence-corrected chi connectivity index (χ1v) is 9.79. The van der Waals surface area contributed by atoms with Gasteiger partial charge in [-0.2, -0.15) is 0 Å². The Morgan fingerprint density at radius 2 is 1.71 bits per heavy atom. The number of halogens is 1. The molecule has 3 aromatic rings. The quantitative estimate of drug-likeness (QED) is 0.558. The molecule has 0 saturated heterocycles. The van der Waals surface area contributed by atoms with Gasteiger partial charge in [0.05, 0.1) is 6.04 Å². The van der Waals surface area contributed by atoms with Crippen LogP contribution in [-0.2, 0) is 4.79 Å². The Morgan fingerprint density at radius 1 is 1.00 bits per heavy atom. The molecule has 0 unspecified atom stereocenters. The Labute approximate surface area is 171 Å².